The van der Waals surface area contributed by atoms with Gasteiger partial charge >= 0.3 is 0 Å². The molecule has 0 heterocycles. The van der Waals surface area contributed by atoms with Crippen molar-refractivity contribution in [2.24, 2.45) is 0 Å². The van der Waals surface area contributed by atoms with Crippen molar-refractivity contribution >= 4 is 11.6 Å². The fourth-order valence-electron chi connectivity index (χ4n) is 0.138. The van der Waals surface area contributed by atoms with Gasteiger partial charge in [-0.25, -0.2) is 0 Å². The topological polar surface area (TPSA) is 20.2 Å². The van der Waals surface area contributed by atoms with Crippen LogP contribution in [0, 0.1) is 0 Å². The first-order chi connectivity index (χ1) is 2.91. The van der Waals surface area contributed by atoms with Crippen LogP contribution >= 0.6 is 11.6 Å². The Morgan fingerprint density at radius 2 is 2.33 bits per heavy atom. The monoisotopic (exact) mass is 106 g/mol. The summed E-state index contributed by atoms with van der Waals surface area (Å²) in [6, 6.07) is 0. The first kappa shape index (κ1) is 5.99. The molecule has 0 bridgehead atoms. The zero-order valence-corrected chi connectivity index (χ0v) is 4.15. The highest BCUT2D eigenvalue weighted by atomic mass is 35.5. The summed E-state index contributed by atoms with van der Waals surface area (Å²) in [5.74, 6) is 0. The predicted molar refractivity (Wildman–Crippen MR) is 26.7 cm³/mol. The number of hydrogen-bond acceptors (Lipinski definition) is 1. The molecular weight excluding hydrogens is 99.5 g/mol. The van der Waals surface area contributed by atoms with E-state index in [4.69, 9.17) is 16.7 Å². The quantitative estimate of drug-likeness (QED) is 0.560. The predicted octanol–water partition coefficient (Wildman–Crippen LogP) is 1.12. The molecule has 0 saturated carbocycles. The van der Waals surface area contributed by atoms with Gasteiger partial charge in [-0.15, -0.1) is 0 Å². The molecule has 0 unspecified atom stereocenters. The maximum Gasteiger partial charge on any atom is 0.0465 e. The van der Waals surface area contributed by atoms with Crippen LogP contribution in [0.4, 0.5) is 0 Å². The summed E-state index contributed by atoms with van der Waals surface area (Å²) in [5, 5.41) is 8.09. The Morgan fingerprint density at radius 1 is 1.67 bits per heavy atom. The summed E-state index contributed by atoms with van der Waals surface area (Å²) < 4.78 is 0. The number of halogens is 1. The summed E-state index contributed by atoms with van der Waals surface area (Å²) in [6.45, 7) is 0.184. The van der Waals surface area contributed by atoms with Crippen molar-refractivity contribution in [2.75, 3.05) is 6.61 Å². The van der Waals surface area contributed by atoms with Gasteiger partial charge in [-0.05, 0) is 6.42 Å². The summed E-state index contributed by atoms with van der Waals surface area (Å²) >= 11 is 5.09. The molecular formula is C4H7ClO. The van der Waals surface area contributed by atoms with E-state index in [0.717, 1.165) is 0 Å². The van der Waals surface area contributed by atoms with Crippen LogP contribution in [0.15, 0.2) is 11.6 Å². The molecule has 36 valence electrons. The van der Waals surface area contributed by atoms with Crippen molar-refractivity contribution in [2.45, 2.75) is 6.42 Å². The van der Waals surface area contributed by atoms with Crippen LogP contribution in [0.25, 0.3) is 0 Å². The molecule has 0 aliphatic heterocycles. The van der Waals surface area contributed by atoms with E-state index >= 15 is 0 Å². The summed E-state index contributed by atoms with van der Waals surface area (Å²) in [7, 11) is 0. The van der Waals surface area contributed by atoms with Gasteiger partial charge in [-0.2, -0.15) is 0 Å². The van der Waals surface area contributed by atoms with E-state index in [9.17, 15) is 0 Å². The lowest BCUT2D eigenvalue weighted by Gasteiger charge is -1.75. The van der Waals surface area contributed by atoms with Gasteiger partial charge in [-0.3, -0.25) is 0 Å². The highest BCUT2D eigenvalue weighted by molar-refractivity contribution is 6.25. The van der Waals surface area contributed by atoms with Crippen LogP contribution in [0.3, 0.4) is 0 Å². The highest BCUT2D eigenvalue weighted by Gasteiger charge is 1.66. The molecule has 0 radical (unpaired) electrons. The van der Waals surface area contributed by atoms with Crippen LogP contribution in [0.1, 0.15) is 6.42 Å². The second-order valence-corrected chi connectivity index (χ2v) is 1.13. The van der Waals surface area contributed by atoms with Crippen LogP contribution in [0.5, 0.6) is 0 Å². The van der Waals surface area contributed by atoms with Crippen molar-refractivity contribution < 1.29 is 5.11 Å². The Kier molecular flexibility index (Phi) is 4.98. The van der Waals surface area contributed by atoms with Crippen molar-refractivity contribution in [3.63, 3.8) is 0 Å². The van der Waals surface area contributed by atoms with Crippen LogP contribution in [-0.2, 0) is 0 Å². The number of hydrogen-bond donors (Lipinski definition) is 1. The molecule has 0 rings (SSSR count). The second-order valence-electron chi connectivity index (χ2n) is 0.874. The molecule has 6 heavy (non-hydrogen) atoms. The fraction of sp³-hybridized carbons (Fsp3) is 0.500. The molecule has 0 atom stereocenters. The molecule has 1 N–H and O–H groups in total. The third-order valence-electron chi connectivity index (χ3n) is 0.385. The molecule has 0 aromatic carbocycles. The maximum absolute atomic E-state index is 8.09. The average molecular weight is 107 g/mol. The Morgan fingerprint density at radius 3 is 2.50 bits per heavy atom. The molecule has 0 saturated heterocycles. The van der Waals surface area contributed by atoms with Gasteiger partial charge in [0.15, 0.2) is 0 Å². The van der Waals surface area contributed by atoms with E-state index in [1.54, 1.807) is 6.08 Å². The summed E-state index contributed by atoms with van der Waals surface area (Å²) in [5.41, 5.74) is 1.40. The SMILES string of the molecule is OCCC=CCl. The van der Waals surface area contributed by atoms with E-state index in [0.29, 0.717) is 6.42 Å². The first-order valence-electron chi connectivity index (χ1n) is 1.78. The van der Waals surface area contributed by atoms with Crippen molar-refractivity contribution in [3.05, 3.63) is 11.6 Å². The standard InChI is InChI=1S/C4H7ClO/c5-3-1-2-4-6/h1,3,6H,2,4H2. The lowest BCUT2D eigenvalue weighted by molar-refractivity contribution is 0.302. The maximum atomic E-state index is 8.09. The van der Waals surface area contributed by atoms with E-state index in [2.05, 4.69) is 0 Å². The Balaban J connectivity index is 2.66. The lowest BCUT2D eigenvalue weighted by Crippen LogP contribution is -1.72. The van der Waals surface area contributed by atoms with E-state index in [1.165, 1.54) is 5.54 Å². The van der Waals surface area contributed by atoms with Crippen LogP contribution in [-0.4, -0.2) is 11.7 Å². The molecule has 0 aromatic rings. The van der Waals surface area contributed by atoms with Gasteiger partial charge in [0.2, 0.25) is 0 Å². The van der Waals surface area contributed by atoms with Gasteiger partial charge in [0.1, 0.15) is 0 Å². The van der Waals surface area contributed by atoms with Gasteiger partial charge in [0.25, 0.3) is 0 Å². The van der Waals surface area contributed by atoms with E-state index in [-0.39, 0.29) is 6.61 Å². The minimum absolute atomic E-state index is 0.184. The molecule has 0 aliphatic rings. The smallest absolute Gasteiger partial charge is 0.0465 e. The third-order valence-corrected chi connectivity index (χ3v) is 0.563. The van der Waals surface area contributed by atoms with E-state index in [1.807, 2.05) is 0 Å². The van der Waals surface area contributed by atoms with Gasteiger partial charge in [-0.1, -0.05) is 17.7 Å². The van der Waals surface area contributed by atoms with Gasteiger partial charge < -0.3 is 5.11 Å². The molecule has 2 heteroatoms. The minimum atomic E-state index is 0.184. The van der Waals surface area contributed by atoms with Gasteiger partial charge in [0, 0.05) is 12.1 Å². The van der Waals surface area contributed by atoms with Crippen LogP contribution in [0.2, 0.25) is 0 Å². The normalized spacial score (nSPS) is 10.3. The molecule has 1 nitrogen and oxygen atoms in total. The molecule has 0 aliphatic carbocycles. The fourth-order valence-corrected chi connectivity index (χ4v) is 0.264. The highest BCUT2D eigenvalue weighted by Crippen LogP contribution is 1.81. The minimum Gasteiger partial charge on any atom is -0.396 e. The average Bonchev–Trinajstić information content (AvgIpc) is 1.61. The zero-order valence-electron chi connectivity index (χ0n) is 3.39. The number of aliphatic hydroxyl groups is 1. The molecule has 0 aromatic heterocycles. The Hall–Kier alpha value is -0.0100. The Labute approximate surface area is 42.2 Å². The van der Waals surface area contributed by atoms with Crippen molar-refractivity contribution in [1.82, 2.24) is 0 Å². The molecule has 0 fully saturated rings. The molecule has 0 amide bonds. The van der Waals surface area contributed by atoms with Crippen molar-refractivity contribution in [1.29, 1.82) is 0 Å². The third kappa shape index (κ3) is 3.99. The summed E-state index contributed by atoms with van der Waals surface area (Å²) in [6.07, 6.45) is 2.35. The first-order valence-corrected chi connectivity index (χ1v) is 2.21. The van der Waals surface area contributed by atoms with Crippen LogP contribution < -0.4 is 0 Å². The van der Waals surface area contributed by atoms with E-state index < -0.39 is 0 Å². The largest absolute Gasteiger partial charge is 0.396 e. The second kappa shape index (κ2) is 4.99. The lowest BCUT2D eigenvalue weighted by atomic mass is 10.5. The Bertz CT molecular complexity index is 42.8. The number of rotatable bonds is 2. The molecule has 0 spiro atoms. The van der Waals surface area contributed by atoms with Gasteiger partial charge in [0.05, 0.1) is 0 Å². The summed E-state index contributed by atoms with van der Waals surface area (Å²) in [4.78, 5) is 0. The zero-order chi connectivity index (χ0) is 4.83. The van der Waals surface area contributed by atoms with Crippen molar-refractivity contribution in [3.8, 4) is 0 Å². The number of aliphatic hydroxyl groups excluding tert-OH is 1.